The zero-order chi connectivity index (χ0) is 14.3. The summed E-state index contributed by atoms with van der Waals surface area (Å²) in [5, 5.41) is 20.1. The van der Waals surface area contributed by atoms with Crippen molar-refractivity contribution in [1.82, 2.24) is 9.88 Å². The smallest absolute Gasteiger partial charge is 0.407 e. The van der Waals surface area contributed by atoms with Gasteiger partial charge in [0.1, 0.15) is 0 Å². The summed E-state index contributed by atoms with van der Waals surface area (Å²) in [5.74, 6) is 0. The summed E-state index contributed by atoms with van der Waals surface area (Å²) in [6.07, 6.45) is -0.365. The molecule has 0 aliphatic carbocycles. The highest BCUT2D eigenvalue weighted by Gasteiger charge is 2.34. The summed E-state index contributed by atoms with van der Waals surface area (Å²) in [6, 6.07) is 7.87. The molecule has 5 heteroatoms. The van der Waals surface area contributed by atoms with E-state index in [1.807, 2.05) is 31.2 Å². The molecule has 1 aliphatic rings. The van der Waals surface area contributed by atoms with E-state index in [9.17, 15) is 15.0 Å². The average Bonchev–Trinajstić information content (AvgIpc) is 2.92. The molecule has 2 atom stereocenters. The Labute approximate surface area is 116 Å². The quantitative estimate of drug-likeness (QED) is 0.785. The minimum absolute atomic E-state index is 0.152. The Balaban J connectivity index is 1.93. The molecule has 0 spiro atoms. The van der Waals surface area contributed by atoms with Gasteiger partial charge in [-0.15, -0.1) is 0 Å². The van der Waals surface area contributed by atoms with Crippen molar-refractivity contribution in [2.24, 2.45) is 0 Å². The van der Waals surface area contributed by atoms with Crippen LogP contribution in [0.25, 0.3) is 10.9 Å². The molecule has 1 aromatic carbocycles. The second-order valence-corrected chi connectivity index (χ2v) is 5.46. The van der Waals surface area contributed by atoms with Crippen LogP contribution in [0.3, 0.4) is 0 Å². The third-order valence-corrected chi connectivity index (χ3v) is 4.10. The third-order valence-electron chi connectivity index (χ3n) is 4.10. The highest BCUT2D eigenvalue weighted by Crippen LogP contribution is 2.28. The molecule has 1 aromatic heterocycles. The lowest BCUT2D eigenvalue weighted by molar-refractivity contribution is 0.131. The molecule has 0 saturated carbocycles. The number of nitrogens with zero attached hydrogens (tertiary/aromatic N) is 1. The van der Waals surface area contributed by atoms with E-state index >= 15 is 0 Å². The fourth-order valence-corrected chi connectivity index (χ4v) is 3.15. The number of aromatic amines is 1. The SMILES string of the molecule is Cc1[nH]c2ccccc2c1C[C@H]1C[C@@H](O)CN1C(=O)O. The number of hydrogen-bond acceptors (Lipinski definition) is 2. The molecule has 1 fully saturated rings. The maximum atomic E-state index is 11.2. The second-order valence-electron chi connectivity index (χ2n) is 5.46. The average molecular weight is 274 g/mol. The van der Waals surface area contributed by atoms with E-state index in [0.717, 1.165) is 22.2 Å². The van der Waals surface area contributed by atoms with Crippen LogP contribution in [0.2, 0.25) is 0 Å². The second kappa shape index (κ2) is 4.83. The molecular weight excluding hydrogens is 256 g/mol. The number of para-hydroxylation sites is 1. The molecule has 5 nitrogen and oxygen atoms in total. The molecule has 3 rings (SSSR count). The van der Waals surface area contributed by atoms with E-state index in [1.165, 1.54) is 4.90 Å². The van der Waals surface area contributed by atoms with Crippen LogP contribution in [0.4, 0.5) is 4.79 Å². The molecule has 106 valence electrons. The van der Waals surface area contributed by atoms with Gasteiger partial charge in [0.2, 0.25) is 0 Å². The number of aryl methyl sites for hydroxylation is 1. The van der Waals surface area contributed by atoms with Crippen LogP contribution < -0.4 is 0 Å². The maximum Gasteiger partial charge on any atom is 0.407 e. The fourth-order valence-electron chi connectivity index (χ4n) is 3.15. The van der Waals surface area contributed by atoms with Gasteiger partial charge in [-0.2, -0.15) is 0 Å². The number of carbonyl (C=O) groups is 1. The molecule has 1 amide bonds. The molecule has 1 aliphatic heterocycles. The van der Waals surface area contributed by atoms with Gasteiger partial charge in [0.05, 0.1) is 12.6 Å². The summed E-state index contributed by atoms with van der Waals surface area (Å²) in [6.45, 7) is 2.22. The number of likely N-dealkylation sites (tertiary alicyclic amines) is 1. The van der Waals surface area contributed by atoms with Crippen LogP contribution in [0, 0.1) is 6.92 Å². The van der Waals surface area contributed by atoms with E-state index in [2.05, 4.69) is 4.98 Å². The third kappa shape index (κ3) is 2.14. The van der Waals surface area contributed by atoms with Crippen molar-refractivity contribution in [3.8, 4) is 0 Å². The highest BCUT2D eigenvalue weighted by atomic mass is 16.4. The molecule has 2 aromatic rings. The number of aromatic nitrogens is 1. The van der Waals surface area contributed by atoms with Gasteiger partial charge >= 0.3 is 6.09 Å². The Morgan fingerprint density at radius 3 is 2.95 bits per heavy atom. The lowest BCUT2D eigenvalue weighted by Gasteiger charge is -2.21. The van der Waals surface area contributed by atoms with E-state index in [4.69, 9.17) is 0 Å². The Kier molecular flexibility index (Phi) is 3.14. The summed E-state index contributed by atoms with van der Waals surface area (Å²) in [5.41, 5.74) is 3.28. The molecule has 0 bridgehead atoms. The van der Waals surface area contributed by atoms with E-state index in [1.54, 1.807) is 0 Å². The van der Waals surface area contributed by atoms with E-state index in [0.29, 0.717) is 12.8 Å². The van der Waals surface area contributed by atoms with Crippen molar-refractivity contribution in [3.63, 3.8) is 0 Å². The van der Waals surface area contributed by atoms with Gasteiger partial charge in [0.15, 0.2) is 0 Å². The first-order valence-corrected chi connectivity index (χ1v) is 6.80. The topological polar surface area (TPSA) is 76.6 Å². The first-order valence-electron chi connectivity index (χ1n) is 6.80. The molecule has 1 saturated heterocycles. The Morgan fingerprint density at radius 2 is 2.20 bits per heavy atom. The Bertz CT molecular complexity index is 650. The first kappa shape index (κ1) is 13.0. The zero-order valence-corrected chi connectivity index (χ0v) is 11.3. The van der Waals surface area contributed by atoms with E-state index < -0.39 is 12.2 Å². The Hall–Kier alpha value is -2.01. The molecule has 20 heavy (non-hydrogen) atoms. The molecule has 0 radical (unpaired) electrons. The molecule has 0 unspecified atom stereocenters. The van der Waals surface area contributed by atoms with Crippen molar-refractivity contribution in [3.05, 3.63) is 35.5 Å². The van der Waals surface area contributed by atoms with Crippen molar-refractivity contribution < 1.29 is 15.0 Å². The number of nitrogens with one attached hydrogen (secondary N) is 1. The van der Waals surface area contributed by atoms with Crippen LogP contribution in [0.15, 0.2) is 24.3 Å². The summed E-state index contributed by atoms with van der Waals surface area (Å²) >= 11 is 0. The highest BCUT2D eigenvalue weighted by molar-refractivity contribution is 5.84. The number of rotatable bonds is 2. The van der Waals surface area contributed by atoms with Gasteiger partial charge in [0.25, 0.3) is 0 Å². The maximum absolute atomic E-state index is 11.2. The predicted octanol–water partition coefficient (Wildman–Crippen LogP) is 2.13. The van der Waals surface area contributed by atoms with Crippen LogP contribution in [0.5, 0.6) is 0 Å². The van der Waals surface area contributed by atoms with Crippen LogP contribution in [-0.2, 0) is 6.42 Å². The van der Waals surface area contributed by atoms with Crippen molar-refractivity contribution in [1.29, 1.82) is 0 Å². The Morgan fingerprint density at radius 1 is 1.45 bits per heavy atom. The van der Waals surface area contributed by atoms with Crippen molar-refractivity contribution in [2.75, 3.05) is 6.54 Å². The minimum atomic E-state index is -0.955. The first-order chi connectivity index (χ1) is 9.56. The number of benzene rings is 1. The largest absolute Gasteiger partial charge is 0.465 e. The summed E-state index contributed by atoms with van der Waals surface area (Å²) in [7, 11) is 0. The van der Waals surface area contributed by atoms with Gasteiger partial charge in [-0.1, -0.05) is 18.2 Å². The number of aliphatic hydroxyl groups is 1. The number of amides is 1. The van der Waals surface area contributed by atoms with Crippen LogP contribution in [-0.4, -0.2) is 44.9 Å². The molecular formula is C15H18N2O3. The fraction of sp³-hybridized carbons (Fsp3) is 0.400. The van der Waals surface area contributed by atoms with Crippen molar-refractivity contribution in [2.45, 2.75) is 31.9 Å². The summed E-state index contributed by atoms with van der Waals surface area (Å²) in [4.78, 5) is 15.9. The number of aliphatic hydroxyl groups excluding tert-OH is 1. The number of fused-ring (bicyclic) bond motifs is 1. The lowest BCUT2D eigenvalue weighted by atomic mass is 10.0. The number of β-amino-alcohol motifs (C(OH)–C–C–N with tert-alkyl or cyclic N) is 1. The zero-order valence-electron chi connectivity index (χ0n) is 11.3. The van der Waals surface area contributed by atoms with Gasteiger partial charge in [-0.3, -0.25) is 0 Å². The summed E-state index contributed by atoms with van der Waals surface area (Å²) < 4.78 is 0. The number of H-pyrrole nitrogens is 1. The minimum Gasteiger partial charge on any atom is -0.465 e. The van der Waals surface area contributed by atoms with E-state index in [-0.39, 0.29) is 12.6 Å². The predicted molar refractivity (Wildman–Crippen MR) is 75.9 cm³/mol. The van der Waals surface area contributed by atoms with Gasteiger partial charge in [-0.05, 0) is 31.4 Å². The standard InChI is InChI=1S/C15H18N2O3/c1-9-13(12-4-2-3-5-14(12)16-9)7-10-6-11(18)8-17(10)15(19)20/h2-5,10-11,16,18H,6-8H2,1H3,(H,19,20)/t10-,11-/m1/s1. The van der Waals surface area contributed by atoms with Gasteiger partial charge in [0, 0.05) is 22.6 Å². The monoisotopic (exact) mass is 274 g/mol. The van der Waals surface area contributed by atoms with Gasteiger partial charge in [-0.25, -0.2) is 4.79 Å². The number of hydrogen-bond donors (Lipinski definition) is 3. The van der Waals surface area contributed by atoms with Crippen LogP contribution >= 0.6 is 0 Å². The molecule has 3 N–H and O–H groups in total. The normalized spacial score (nSPS) is 22.6. The van der Waals surface area contributed by atoms with Gasteiger partial charge < -0.3 is 20.1 Å². The molecule has 2 heterocycles. The van der Waals surface area contributed by atoms with Crippen molar-refractivity contribution >= 4 is 17.0 Å². The lowest BCUT2D eigenvalue weighted by Crippen LogP contribution is -2.36. The number of carboxylic acid groups (broad SMARTS) is 1. The van der Waals surface area contributed by atoms with Crippen LogP contribution in [0.1, 0.15) is 17.7 Å².